The first kappa shape index (κ1) is 27.0. The molecule has 0 radical (unpaired) electrons. The predicted octanol–water partition coefficient (Wildman–Crippen LogP) is 8.32. The van der Waals surface area contributed by atoms with E-state index in [-0.39, 0.29) is 68.9 Å². The van der Waals surface area contributed by atoms with Crippen molar-refractivity contribution in [2.45, 2.75) is 17.9 Å². The molecular weight excluding hydrogens is 686 g/mol. The summed E-state index contributed by atoms with van der Waals surface area (Å²) in [5.41, 5.74) is 4.51. The van der Waals surface area contributed by atoms with E-state index < -0.39 is 5.97 Å². The van der Waals surface area contributed by atoms with Gasteiger partial charge in [0.25, 0.3) is 0 Å². The fourth-order valence-corrected chi connectivity index (χ4v) is 14.8. The van der Waals surface area contributed by atoms with Crippen LogP contribution in [-0.4, -0.2) is 24.5 Å². The Balaban J connectivity index is 0.00000272. The number of hydrogen-bond acceptors (Lipinski definition) is 3. The molecule has 0 amide bonds. The predicted molar refractivity (Wildman–Crippen MR) is 217 cm³/mol. The number of likely N-dealkylation sites (N-methyl/N-ethyl adjacent to an activating group) is 1. The van der Waals surface area contributed by atoms with Crippen LogP contribution in [0.1, 0.15) is 44.9 Å². The smallest absolute Gasteiger partial charge is 0.545 e. The number of likely N-dealkylation sites (tertiary alicyclic amines) is 1. The van der Waals surface area contributed by atoms with Crippen LogP contribution in [0.15, 0.2) is 72.8 Å². The summed E-state index contributed by atoms with van der Waals surface area (Å²) < 4.78 is 0. The van der Waals surface area contributed by atoms with Gasteiger partial charge in [-0.25, -0.2) is 0 Å². The number of fused-ring (bicyclic) bond motifs is 8. The van der Waals surface area contributed by atoms with Gasteiger partial charge in [0, 0.05) is 24.4 Å². The third-order valence-corrected chi connectivity index (χ3v) is 16.0. The van der Waals surface area contributed by atoms with Crippen LogP contribution in [0.4, 0.5) is 0 Å². The molecule has 0 spiro atoms. The van der Waals surface area contributed by atoms with Crippen molar-refractivity contribution in [3.63, 3.8) is 0 Å². The van der Waals surface area contributed by atoms with E-state index in [1.54, 1.807) is 28.5 Å². The third-order valence-electron chi connectivity index (χ3n) is 16.0. The first-order chi connectivity index (χ1) is 26.1. The number of carbonyl (C=O) groups is 1. The zero-order valence-electron chi connectivity index (χ0n) is 29.1. The number of carboxylic acids is 1. The molecule has 238 valence electrons. The van der Waals surface area contributed by atoms with Crippen molar-refractivity contribution < 1.29 is 61.3 Å². The molecule has 3 nitrogen and oxygen atoms in total. The quantitative estimate of drug-likeness (QED) is 0.134. The van der Waals surface area contributed by atoms with Gasteiger partial charge in [0.15, 0.2) is 0 Å². The maximum atomic E-state index is 11.8. The molecule has 16 aromatic rings. The van der Waals surface area contributed by atoms with E-state index in [2.05, 4.69) is 72.6 Å². The minimum Gasteiger partial charge on any atom is -0.545 e. The number of hydrogen-bond donors (Lipinski definition) is 0. The Bertz CT molecular complexity index is 4280. The van der Waals surface area contributed by atoms with Gasteiger partial charge >= 0.3 is 51.4 Å². The minimum absolute atomic E-state index is 0. The molecule has 16 aromatic carbocycles. The molecule has 1 fully saturated rings. The van der Waals surface area contributed by atoms with E-state index in [0.29, 0.717) is 5.92 Å². The maximum absolute atomic E-state index is 11.8. The molecule has 2 aliphatic rings. The molecule has 1 aliphatic heterocycles. The molecule has 0 N–H and O–H groups in total. The Morgan fingerprint density at radius 2 is 0.796 bits per heavy atom. The van der Waals surface area contributed by atoms with Crippen molar-refractivity contribution in [1.29, 1.82) is 0 Å². The molecule has 0 saturated carbocycles. The van der Waals surface area contributed by atoms with Gasteiger partial charge in [-0.05, 0) is 180 Å². The standard InChI is InChI=1S/C50H21NO2.K/c1-51-14-25-26-23-12-10-21-19-8-6-17-18-7-9-20-22-11-13-24-34-32(22)40-30(20)28(18)38-27(17)29(19)39-31(21)33(23)41-37(26)43(42(34)48-46(40)44(38)45(39)47(41)48)35(24)36(25)49(51)15-2-4-16(5-3-15)50(52)53;/h2-13,25,36,49H,14H2,1H3,(H,52,53);/q;+1/p-1. The summed E-state index contributed by atoms with van der Waals surface area (Å²) in [6.45, 7) is 0.959. The molecule has 4 heteroatoms. The number of carbonyl (C=O) groups excluding carboxylic acids is 1. The zero-order chi connectivity index (χ0) is 33.6. The monoisotopic (exact) mass is 705 g/mol. The van der Waals surface area contributed by atoms with E-state index in [1.807, 2.05) is 0 Å². The Labute approximate surface area is 346 Å². The molecule has 1 saturated heterocycles. The van der Waals surface area contributed by atoms with Crippen LogP contribution in [0.25, 0.3) is 151 Å². The largest absolute Gasteiger partial charge is 1.00 e. The van der Waals surface area contributed by atoms with E-state index in [0.717, 1.165) is 6.54 Å². The first-order valence-corrected chi connectivity index (χ1v) is 19.1. The third kappa shape index (κ3) is 2.15. The van der Waals surface area contributed by atoms with Crippen molar-refractivity contribution in [3.05, 3.63) is 95.1 Å². The minimum atomic E-state index is -1.12. The molecule has 0 aromatic heterocycles. The number of benzene rings is 10. The zero-order valence-corrected chi connectivity index (χ0v) is 32.3. The molecule has 1 aliphatic carbocycles. The SMILES string of the molecule is CN1CC2c3c4ccc5c6ccc7c8ccc9c%10ccc%11c(c%12c3c3c4c5c4c6c7c5c8c9c6c%10c%11c%12c7c3c4c5c67)C2C1c1ccc(C(=O)[O-])cc1.[K+]. The summed E-state index contributed by atoms with van der Waals surface area (Å²) in [6.07, 6.45) is 0. The molecule has 1 heterocycles. The van der Waals surface area contributed by atoms with Crippen molar-refractivity contribution in [2.75, 3.05) is 13.6 Å². The van der Waals surface area contributed by atoms with Gasteiger partial charge in [-0.1, -0.05) is 72.8 Å². The van der Waals surface area contributed by atoms with Crippen LogP contribution in [0.3, 0.4) is 0 Å². The van der Waals surface area contributed by atoms with Crippen LogP contribution in [0.5, 0.6) is 0 Å². The van der Waals surface area contributed by atoms with E-state index in [4.69, 9.17) is 0 Å². The number of carboxylic acid groups (broad SMARTS) is 1. The Morgan fingerprint density at radius 1 is 0.463 bits per heavy atom. The van der Waals surface area contributed by atoms with Crippen LogP contribution in [0.2, 0.25) is 0 Å². The van der Waals surface area contributed by atoms with E-state index in [1.165, 1.54) is 151 Å². The van der Waals surface area contributed by atoms with Gasteiger partial charge in [-0.3, -0.25) is 4.90 Å². The van der Waals surface area contributed by atoms with Gasteiger partial charge in [0.2, 0.25) is 0 Å². The summed E-state index contributed by atoms with van der Waals surface area (Å²) in [5.74, 6) is -0.571. The normalized spacial score (nSPS) is 20.4. The molecule has 3 unspecified atom stereocenters. The van der Waals surface area contributed by atoms with E-state index in [9.17, 15) is 9.90 Å². The van der Waals surface area contributed by atoms with Crippen LogP contribution >= 0.6 is 0 Å². The topological polar surface area (TPSA) is 43.4 Å². The fraction of sp³-hybridized carbons (Fsp3) is 0.100. The fourth-order valence-electron chi connectivity index (χ4n) is 14.8. The molecule has 0 bridgehead atoms. The molecular formula is C50H20KNO2. The average molecular weight is 706 g/mol. The molecule has 18 rings (SSSR count). The van der Waals surface area contributed by atoms with Gasteiger partial charge in [-0.2, -0.15) is 0 Å². The van der Waals surface area contributed by atoms with Crippen LogP contribution in [-0.2, 0) is 0 Å². The average Bonchev–Trinajstić information content (AvgIpc) is 4.02. The Morgan fingerprint density at radius 3 is 1.22 bits per heavy atom. The second-order valence-corrected chi connectivity index (χ2v) is 17.4. The second-order valence-electron chi connectivity index (χ2n) is 17.4. The Hall–Kier alpha value is -4.65. The first-order valence-electron chi connectivity index (χ1n) is 19.1. The van der Waals surface area contributed by atoms with E-state index >= 15 is 0 Å². The molecule has 3 atom stereocenters. The number of nitrogens with zero attached hydrogens (tertiary/aromatic N) is 1. The van der Waals surface area contributed by atoms with Gasteiger partial charge in [0.05, 0.1) is 5.97 Å². The number of aromatic carboxylic acids is 1. The summed E-state index contributed by atoms with van der Waals surface area (Å²) in [7, 11) is 2.29. The maximum Gasteiger partial charge on any atom is 1.00 e. The van der Waals surface area contributed by atoms with Crippen LogP contribution in [0, 0.1) is 0 Å². The summed E-state index contributed by atoms with van der Waals surface area (Å²) >= 11 is 0. The summed E-state index contributed by atoms with van der Waals surface area (Å²) in [5, 5.41) is 53.5. The van der Waals surface area contributed by atoms with Gasteiger partial charge < -0.3 is 9.90 Å². The number of rotatable bonds is 2. The van der Waals surface area contributed by atoms with Crippen molar-refractivity contribution in [1.82, 2.24) is 4.90 Å². The molecule has 54 heavy (non-hydrogen) atoms. The van der Waals surface area contributed by atoms with Gasteiger partial charge in [-0.15, -0.1) is 0 Å². The van der Waals surface area contributed by atoms with Crippen molar-refractivity contribution in [2.24, 2.45) is 0 Å². The second kappa shape index (κ2) is 7.61. The summed E-state index contributed by atoms with van der Waals surface area (Å²) in [6, 6.07) is 27.4. The Kier molecular flexibility index (Phi) is 3.81. The van der Waals surface area contributed by atoms with Crippen molar-refractivity contribution in [3.8, 4) is 0 Å². The van der Waals surface area contributed by atoms with Crippen LogP contribution < -0.4 is 56.5 Å². The van der Waals surface area contributed by atoms with Gasteiger partial charge in [0.1, 0.15) is 0 Å². The summed E-state index contributed by atoms with van der Waals surface area (Å²) in [4.78, 5) is 14.4. The van der Waals surface area contributed by atoms with Crippen molar-refractivity contribution >= 4 is 157 Å².